The quantitative estimate of drug-likeness (QED) is 0.502. The molecule has 16 heavy (non-hydrogen) atoms. The first-order chi connectivity index (χ1) is 7.79. The summed E-state index contributed by atoms with van der Waals surface area (Å²) in [6, 6.07) is 3.05. The predicted octanol–water partition coefficient (Wildman–Crippen LogP) is -0.134. The van der Waals surface area contributed by atoms with Crippen molar-refractivity contribution in [2.75, 3.05) is 10.7 Å². The van der Waals surface area contributed by atoms with E-state index in [2.05, 4.69) is 30.5 Å². The summed E-state index contributed by atoms with van der Waals surface area (Å²) >= 11 is 1.08. The van der Waals surface area contributed by atoms with Crippen molar-refractivity contribution < 1.29 is 4.79 Å². The van der Waals surface area contributed by atoms with Gasteiger partial charge in [-0.05, 0) is 12.1 Å². The first-order valence-electron chi connectivity index (χ1n) is 4.18. The van der Waals surface area contributed by atoms with Gasteiger partial charge in [0.05, 0.1) is 6.20 Å². The Morgan fingerprint density at radius 2 is 2.25 bits per heavy atom. The van der Waals surface area contributed by atoms with Gasteiger partial charge in [0.25, 0.3) is 5.91 Å². The number of amides is 1. The Labute approximate surface area is 94.0 Å². The summed E-state index contributed by atoms with van der Waals surface area (Å²) < 4.78 is 3.61. The number of nitrogens with zero attached hydrogens (tertiary/aromatic N) is 4. The second kappa shape index (κ2) is 4.59. The van der Waals surface area contributed by atoms with E-state index in [1.165, 1.54) is 12.3 Å². The fourth-order valence-electron chi connectivity index (χ4n) is 0.929. The maximum Gasteiger partial charge on any atom is 0.276 e. The topological polar surface area (TPSA) is 119 Å². The Morgan fingerprint density at radius 1 is 1.38 bits per heavy atom. The molecular weight excluding hydrogens is 230 g/mol. The van der Waals surface area contributed by atoms with Gasteiger partial charge >= 0.3 is 0 Å². The molecule has 2 rings (SSSR count). The Bertz CT molecular complexity index is 468. The largest absolute Gasteiger partial charge is 0.310 e. The number of rotatable bonds is 3. The van der Waals surface area contributed by atoms with Gasteiger partial charge in [-0.25, -0.2) is 5.84 Å². The van der Waals surface area contributed by atoms with Crippen LogP contribution in [0.3, 0.4) is 0 Å². The van der Waals surface area contributed by atoms with Crippen molar-refractivity contribution in [1.82, 2.24) is 19.8 Å². The third-order valence-corrected chi connectivity index (χ3v) is 2.22. The minimum absolute atomic E-state index is 0.187. The highest BCUT2D eigenvalue weighted by Crippen LogP contribution is 2.10. The summed E-state index contributed by atoms with van der Waals surface area (Å²) in [5, 5.41) is 14.1. The van der Waals surface area contributed by atoms with E-state index >= 15 is 0 Å². The molecule has 0 bridgehead atoms. The van der Waals surface area contributed by atoms with Crippen molar-refractivity contribution >= 4 is 28.3 Å². The third kappa shape index (κ3) is 2.27. The van der Waals surface area contributed by atoms with Crippen LogP contribution in [-0.4, -0.2) is 25.7 Å². The highest BCUT2D eigenvalue weighted by molar-refractivity contribution is 7.10. The molecule has 2 heterocycles. The molecule has 4 N–H and O–H groups in total. The van der Waals surface area contributed by atoms with Crippen LogP contribution in [0, 0.1) is 0 Å². The number of carbonyl (C=O) groups excluding carboxylic acids is 1. The van der Waals surface area contributed by atoms with Crippen LogP contribution in [0.15, 0.2) is 18.3 Å². The van der Waals surface area contributed by atoms with Crippen molar-refractivity contribution in [2.45, 2.75) is 0 Å². The third-order valence-electron chi connectivity index (χ3n) is 1.64. The molecule has 2 aromatic heterocycles. The molecule has 0 saturated carbocycles. The average Bonchev–Trinajstić information content (AvgIpc) is 2.82. The van der Waals surface area contributed by atoms with Crippen molar-refractivity contribution in [3.8, 4) is 0 Å². The number of hydrogen-bond acceptors (Lipinski definition) is 8. The number of nitrogens with two attached hydrogens (primary N) is 1. The predicted molar refractivity (Wildman–Crippen MR) is 57.7 cm³/mol. The van der Waals surface area contributed by atoms with E-state index in [1.54, 1.807) is 6.07 Å². The molecule has 0 fully saturated rings. The van der Waals surface area contributed by atoms with Gasteiger partial charge in [0.15, 0.2) is 11.5 Å². The second-order valence-corrected chi connectivity index (χ2v) is 3.47. The zero-order valence-electron chi connectivity index (χ0n) is 7.91. The molecular formula is C7H7N7OS. The van der Waals surface area contributed by atoms with Crippen molar-refractivity contribution in [2.24, 2.45) is 5.84 Å². The number of carbonyl (C=O) groups is 1. The molecule has 1 amide bonds. The zero-order chi connectivity index (χ0) is 11.4. The molecule has 0 saturated heterocycles. The summed E-state index contributed by atoms with van der Waals surface area (Å²) in [5.74, 6) is 5.13. The number of aromatic nitrogens is 4. The normalized spacial score (nSPS) is 9.81. The molecule has 2 aromatic rings. The molecule has 8 nitrogen and oxygen atoms in total. The monoisotopic (exact) mass is 237 g/mol. The van der Waals surface area contributed by atoms with Crippen LogP contribution in [0.25, 0.3) is 0 Å². The standard InChI is InChI=1S/C7H7N7OS/c8-11-5-2-1-4(12-13-5)7(15)10-6-3-9-14-16-6/h1-3H,8H2,(H,10,15)(H,11,13). The van der Waals surface area contributed by atoms with Gasteiger partial charge in [-0.2, -0.15) is 0 Å². The summed E-state index contributed by atoms with van der Waals surface area (Å²) in [6.07, 6.45) is 1.45. The van der Waals surface area contributed by atoms with Gasteiger partial charge in [-0.1, -0.05) is 4.49 Å². The van der Waals surface area contributed by atoms with Gasteiger partial charge in [0.1, 0.15) is 5.00 Å². The van der Waals surface area contributed by atoms with Gasteiger partial charge in [0, 0.05) is 11.5 Å². The lowest BCUT2D eigenvalue weighted by Crippen LogP contribution is -2.15. The van der Waals surface area contributed by atoms with Crippen molar-refractivity contribution in [3.63, 3.8) is 0 Å². The lowest BCUT2D eigenvalue weighted by molar-refractivity contribution is 0.102. The van der Waals surface area contributed by atoms with E-state index in [0.717, 1.165) is 11.5 Å². The van der Waals surface area contributed by atoms with Crippen molar-refractivity contribution in [1.29, 1.82) is 0 Å². The molecule has 0 radical (unpaired) electrons. The highest BCUT2D eigenvalue weighted by Gasteiger charge is 2.09. The van der Waals surface area contributed by atoms with Crippen LogP contribution in [-0.2, 0) is 0 Å². The summed E-state index contributed by atoms with van der Waals surface area (Å²) in [7, 11) is 0. The van der Waals surface area contributed by atoms with Crippen LogP contribution in [0.1, 0.15) is 10.5 Å². The Morgan fingerprint density at radius 3 is 2.81 bits per heavy atom. The highest BCUT2D eigenvalue weighted by atomic mass is 32.1. The number of hydrazine groups is 1. The Hall–Kier alpha value is -2.13. The summed E-state index contributed by atoms with van der Waals surface area (Å²) in [4.78, 5) is 11.6. The van der Waals surface area contributed by atoms with E-state index in [1.807, 2.05) is 0 Å². The second-order valence-electron chi connectivity index (χ2n) is 2.68. The summed E-state index contributed by atoms with van der Waals surface area (Å²) in [5.41, 5.74) is 2.50. The first-order valence-corrected chi connectivity index (χ1v) is 4.96. The van der Waals surface area contributed by atoms with Crippen LogP contribution in [0.5, 0.6) is 0 Å². The van der Waals surface area contributed by atoms with Gasteiger partial charge in [-0.15, -0.1) is 15.3 Å². The fraction of sp³-hybridized carbons (Fsp3) is 0. The minimum atomic E-state index is -0.373. The van der Waals surface area contributed by atoms with Gasteiger partial charge < -0.3 is 10.7 Å². The number of anilines is 2. The molecule has 0 aliphatic rings. The molecule has 9 heteroatoms. The SMILES string of the molecule is NNc1ccc(C(=O)Nc2cnns2)nn1. The zero-order valence-corrected chi connectivity index (χ0v) is 8.73. The minimum Gasteiger partial charge on any atom is -0.310 e. The smallest absolute Gasteiger partial charge is 0.276 e. The lowest BCUT2D eigenvalue weighted by Gasteiger charge is -2.01. The molecule has 82 valence electrons. The van der Waals surface area contributed by atoms with Crippen LogP contribution < -0.4 is 16.6 Å². The lowest BCUT2D eigenvalue weighted by atomic mass is 10.3. The average molecular weight is 237 g/mol. The van der Waals surface area contributed by atoms with Gasteiger partial charge in [0.2, 0.25) is 0 Å². The Balaban J connectivity index is 2.09. The van der Waals surface area contributed by atoms with E-state index < -0.39 is 0 Å². The van der Waals surface area contributed by atoms with Crippen LogP contribution >= 0.6 is 11.5 Å². The number of nitrogens with one attached hydrogen (secondary N) is 2. The number of nitrogen functional groups attached to an aromatic ring is 1. The van der Waals surface area contributed by atoms with E-state index in [0.29, 0.717) is 10.8 Å². The van der Waals surface area contributed by atoms with E-state index in [4.69, 9.17) is 5.84 Å². The van der Waals surface area contributed by atoms with Gasteiger partial charge in [-0.3, -0.25) is 4.79 Å². The molecule has 0 aromatic carbocycles. The molecule has 0 spiro atoms. The summed E-state index contributed by atoms with van der Waals surface area (Å²) in [6.45, 7) is 0. The molecule has 0 aliphatic heterocycles. The van der Waals surface area contributed by atoms with E-state index in [9.17, 15) is 4.79 Å². The molecule has 0 aliphatic carbocycles. The molecule has 0 unspecified atom stereocenters. The van der Waals surface area contributed by atoms with E-state index in [-0.39, 0.29) is 11.6 Å². The van der Waals surface area contributed by atoms with Crippen LogP contribution in [0.2, 0.25) is 0 Å². The fourth-order valence-corrected chi connectivity index (χ4v) is 1.34. The first kappa shape index (κ1) is 10.4. The Kier molecular flexibility index (Phi) is 2.98. The van der Waals surface area contributed by atoms with Crippen LogP contribution in [0.4, 0.5) is 10.8 Å². The van der Waals surface area contributed by atoms with Crippen molar-refractivity contribution in [3.05, 3.63) is 24.0 Å². The maximum atomic E-state index is 11.6. The number of hydrogen-bond donors (Lipinski definition) is 3. The molecule has 0 atom stereocenters. The maximum absolute atomic E-state index is 11.6.